The lowest BCUT2D eigenvalue weighted by atomic mass is 10.00. The van der Waals surface area contributed by atoms with E-state index in [0.29, 0.717) is 19.3 Å². The van der Waals surface area contributed by atoms with Gasteiger partial charge < -0.3 is 18.9 Å². The zero-order valence-electron chi connectivity index (χ0n) is 39.8. The van der Waals surface area contributed by atoms with Crippen LogP contribution in [-0.2, 0) is 38.1 Å². The molecule has 0 radical (unpaired) electrons. The molecule has 0 saturated carbocycles. The molecule has 0 aromatic heterocycles. The Hall–Kier alpha value is -1.83. The standard InChI is InChI=1S/C51H95ClO8/c1-6-8-10-12-14-16-18-20-22-24-26-32-36-40-48(53)57-42-47(43-58-49(54)41-37-33-27-25-23-21-19-17-15-13-11-9-7-2)60-51(56)45(4)39-35-31-29-28-30-34-38-44(3)50(55)59-46(5)52/h44-47H,6-43H2,1-5H3. The summed E-state index contributed by atoms with van der Waals surface area (Å²) in [6, 6.07) is 0. The summed E-state index contributed by atoms with van der Waals surface area (Å²) >= 11 is 5.76. The van der Waals surface area contributed by atoms with E-state index < -0.39 is 11.7 Å². The Kier molecular flexibility index (Phi) is 42.5. The normalized spacial score (nSPS) is 12.9. The molecule has 0 aliphatic heterocycles. The summed E-state index contributed by atoms with van der Waals surface area (Å²) < 4.78 is 22.0. The van der Waals surface area contributed by atoms with Crippen molar-refractivity contribution in [3.8, 4) is 0 Å². The van der Waals surface area contributed by atoms with Crippen molar-refractivity contribution in [3.63, 3.8) is 0 Å². The Morgan fingerprint density at radius 2 is 0.650 bits per heavy atom. The lowest BCUT2D eigenvalue weighted by Gasteiger charge is -2.20. The molecular formula is C51H95ClO8. The van der Waals surface area contributed by atoms with E-state index in [2.05, 4.69) is 13.8 Å². The van der Waals surface area contributed by atoms with Crippen LogP contribution < -0.4 is 0 Å². The number of hydrogen-bond donors (Lipinski definition) is 0. The van der Waals surface area contributed by atoms with Gasteiger partial charge in [-0.3, -0.25) is 19.2 Å². The summed E-state index contributed by atoms with van der Waals surface area (Å²) in [6.45, 7) is 9.68. The van der Waals surface area contributed by atoms with Crippen LogP contribution in [0, 0.1) is 11.8 Å². The van der Waals surface area contributed by atoms with Gasteiger partial charge >= 0.3 is 23.9 Å². The molecule has 0 amide bonds. The van der Waals surface area contributed by atoms with E-state index in [9.17, 15) is 19.2 Å². The minimum Gasteiger partial charge on any atom is -0.462 e. The van der Waals surface area contributed by atoms with Crippen LogP contribution in [0.25, 0.3) is 0 Å². The maximum Gasteiger partial charge on any atom is 0.310 e. The monoisotopic (exact) mass is 871 g/mol. The third kappa shape index (κ3) is 40.3. The average molecular weight is 872 g/mol. The average Bonchev–Trinajstić information content (AvgIpc) is 3.22. The Labute approximate surface area is 374 Å². The fourth-order valence-electron chi connectivity index (χ4n) is 7.61. The molecule has 0 fully saturated rings. The van der Waals surface area contributed by atoms with Crippen molar-refractivity contribution < 1.29 is 38.1 Å². The topological polar surface area (TPSA) is 105 Å². The number of hydrogen-bond acceptors (Lipinski definition) is 8. The predicted octanol–water partition coefficient (Wildman–Crippen LogP) is 15.5. The minimum atomic E-state index is -0.821. The third-order valence-electron chi connectivity index (χ3n) is 11.7. The van der Waals surface area contributed by atoms with Gasteiger partial charge in [0, 0.05) is 12.8 Å². The van der Waals surface area contributed by atoms with Gasteiger partial charge in [-0.15, -0.1) is 0 Å². The van der Waals surface area contributed by atoms with Gasteiger partial charge in [0.1, 0.15) is 13.2 Å². The van der Waals surface area contributed by atoms with E-state index in [1.807, 2.05) is 13.8 Å². The second-order valence-corrected chi connectivity index (χ2v) is 18.5. The van der Waals surface area contributed by atoms with Crippen molar-refractivity contribution in [1.82, 2.24) is 0 Å². The van der Waals surface area contributed by atoms with Crippen LogP contribution in [0.5, 0.6) is 0 Å². The number of alkyl halides is 1. The Morgan fingerprint density at radius 1 is 0.383 bits per heavy atom. The summed E-state index contributed by atoms with van der Waals surface area (Å²) in [4.78, 5) is 50.3. The SMILES string of the molecule is CCCCCCCCCCCCCCCC(=O)OCC(COC(=O)CCCCCCCCCCCCCCC)OC(=O)C(C)CCCCCCCCC(C)C(=O)OC(C)Cl. The van der Waals surface area contributed by atoms with Crippen LogP contribution in [0.3, 0.4) is 0 Å². The molecule has 354 valence electrons. The Bertz CT molecular complexity index is 958. The van der Waals surface area contributed by atoms with Crippen molar-refractivity contribution >= 4 is 35.5 Å². The summed E-state index contributed by atoms with van der Waals surface area (Å²) in [7, 11) is 0. The highest BCUT2D eigenvalue weighted by molar-refractivity contribution is 6.19. The van der Waals surface area contributed by atoms with Gasteiger partial charge in [-0.05, 0) is 32.6 Å². The summed E-state index contributed by atoms with van der Waals surface area (Å²) in [5, 5.41) is 0. The quantitative estimate of drug-likeness (QED) is 0.0258. The molecule has 0 saturated heterocycles. The van der Waals surface area contributed by atoms with E-state index >= 15 is 0 Å². The fraction of sp³-hybridized carbons (Fsp3) is 0.922. The molecule has 0 spiro atoms. The van der Waals surface area contributed by atoms with Crippen LogP contribution >= 0.6 is 11.6 Å². The van der Waals surface area contributed by atoms with Gasteiger partial charge in [0.25, 0.3) is 0 Å². The lowest BCUT2D eigenvalue weighted by Crippen LogP contribution is -2.32. The number of halogens is 1. The molecule has 0 rings (SSSR count). The van der Waals surface area contributed by atoms with Gasteiger partial charge in [0.05, 0.1) is 11.8 Å². The molecule has 0 aromatic carbocycles. The first-order valence-corrected chi connectivity index (χ1v) is 25.9. The molecule has 0 N–H and O–H groups in total. The number of rotatable bonds is 45. The van der Waals surface area contributed by atoms with Crippen LogP contribution in [0.15, 0.2) is 0 Å². The molecule has 3 atom stereocenters. The smallest absolute Gasteiger partial charge is 0.310 e. The van der Waals surface area contributed by atoms with Crippen molar-refractivity contribution in [2.24, 2.45) is 11.8 Å². The zero-order valence-corrected chi connectivity index (χ0v) is 40.6. The highest BCUT2D eigenvalue weighted by atomic mass is 35.5. The molecule has 9 heteroatoms. The number of ether oxygens (including phenoxy) is 4. The maximum atomic E-state index is 13.1. The van der Waals surface area contributed by atoms with Crippen LogP contribution in [0.2, 0.25) is 0 Å². The van der Waals surface area contributed by atoms with E-state index in [1.54, 1.807) is 6.92 Å². The molecule has 0 aliphatic carbocycles. The van der Waals surface area contributed by atoms with E-state index in [4.69, 9.17) is 30.5 Å². The van der Waals surface area contributed by atoms with Gasteiger partial charge in [-0.1, -0.05) is 232 Å². The first kappa shape index (κ1) is 58.2. The van der Waals surface area contributed by atoms with Crippen LogP contribution in [0.4, 0.5) is 0 Å². The molecule has 60 heavy (non-hydrogen) atoms. The van der Waals surface area contributed by atoms with E-state index in [0.717, 1.165) is 83.5 Å². The largest absolute Gasteiger partial charge is 0.462 e. The van der Waals surface area contributed by atoms with Crippen molar-refractivity contribution in [3.05, 3.63) is 0 Å². The third-order valence-corrected chi connectivity index (χ3v) is 11.8. The first-order chi connectivity index (χ1) is 29.1. The summed E-state index contributed by atoms with van der Waals surface area (Å²) in [6.07, 6.45) is 39.7. The summed E-state index contributed by atoms with van der Waals surface area (Å²) in [5.41, 5.74) is -0.604. The van der Waals surface area contributed by atoms with E-state index in [1.165, 1.54) is 128 Å². The fourth-order valence-corrected chi connectivity index (χ4v) is 7.69. The molecule has 0 aliphatic rings. The van der Waals surface area contributed by atoms with E-state index in [-0.39, 0.29) is 48.9 Å². The first-order valence-electron chi connectivity index (χ1n) is 25.5. The van der Waals surface area contributed by atoms with Gasteiger partial charge in [0.2, 0.25) is 0 Å². The second-order valence-electron chi connectivity index (χ2n) is 17.9. The predicted molar refractivity (Wildman–Crippen MR) is 249 cm³/mol. The van der Waals surface area contributed by atoms with Crippen LogP contribution in [0.1, 0.15) is 266 Å². The van der Waals surface area contributed by atoms with Gasteiger partial charge in [-0.2, -0.15) is 0 Å². The number of carbonyl (C=O) groups is 4. The molecule has 0 bridgehead atoms. The van der Waals surface area contributed by atoms with Crippen molar-refractivity contribution in [2.45, 2.75) is 277 Å². The van der Waals surface area contributed by atoms with Gasteiger partial charge in [-0.25, -0.2) is 0 Å². The van der Waals surface area contributed by atoms with Crippen molar-refractivity contribution in [2.75, 3.05) is 13.2 Å². The number of esters is 4. The van der Waals surface area contributed by atoms with Gasteiger partial charge in [0.15, 0.2) is 11.7 Å². The summed E-state index contributed by atoms with van der Waals surface area (Å²) in [5.74, 6) is -1.66. The lowest BCUT2D eigenvalue weighted by molar-refractivity contribution is -0.169. The zero-order chi connectivity index (χ0) is 44.3. The molecule has 3 unspecified atom stereocenters. The minimum absolute atomic E-state index is 0.108. The number of carbonyl (C=O) groups excluding carboxylic acids is 4. The Morgan fingerprint density at radius 3 is 0.950 bits per heavy atom. The Balaban J connectivity index is 4.52. The second kappa shape index (κ2) is 43.8. The molecule has 0 aromatic rings. The van der Waals surface area contributed by atoms with Crippen molar-refractivity contribution in [1.29, 1.82) is 0 Å². The number of unbranched alkanes of at least 4 members (excludes halogenated alkanes) is 29. The maximum absolute atomic E-state index is 13.1. The molecule has 8 nitrogen and oxygen atoms in total. The molecule has 0 heterocycles. The highest BCUT2D eigenvalue weighted by Crippen LogP contribution is 2.19. The highest BCUT2D eigenvalue weighted by Gasteiger charge is 2.23. The van der Waals surface area contributed by atoms with Crippen LogP contribution in [-0.4, -0.2) is 48.8 Å². The molecular weight excluding hydrogens is 776 g/mol.